The average Bonchev–Trinajstić information content (AvgIpc) is 2.17. The summed E-state index contributed by atoms with van der Waals surface area (Å²) >= 11 is 0. The van der Waals surface area contributed by atoms with Crippen LogP contribution in [-0.4, -0.2) is 4.98 Å². The fourth-order valence-electron chi connectivity index (χ4n) is 1.13. The van der Waals surface area contributed by atoms with Gasteiger partial charge in [0.1, 0.15) is 0 Å². The number of fused-ring (bicyclic) bond motifs is 1. The van der Waals surface area contributed by atoms with Crippen molar-refractivity contribution in [1.29, 1.82) is 5.39 Å². The monoisotopic (exact) mass is 156 g/mol. The highest BCUT2D eigenvalue weighted by molar-refractivity contribution is 5.82. The van der Waals surface area contributed by atoms with Crippen LogP contribution >= 0.6 is 0 Å². The second-order valence-electron chi connectivity index (χ2n) is 2.48. The first-order valence-corrected chi connectivity index (χ1v) is 3.60. The van der Waals surface area contributed by atoms with Gasteiger partial charge in [-0.2, -0.15) is 0 Å². The number of rotatable bonds is 0. The minimum absolute atomic E-state index is 0.551. The molecule has 0 bridgehead atoms. The Morgan fingerprint density at radius 2 is 2.17 bits per heavy atom. The summed E-state index contributed by atoms with van der Waals surface area (Å²) in [6.45, 7) is 0. The minimum Gasteiger partial charge on any atom is -0.256 e. The second-order valence-corrected chi connectivity index (χ2v) is 2.48. The SMILES string of the molecule is N#[N+]c1ccc2ncccc2c1. The molecule has 0 unspecified atom stereocenters. The van der Waals surface area contributed by atoms with Crippen molar-refractivity contribution < 1.29 is 0 Å². The Hall–Kier alpha value is -1.95. The molecule has 0 N–H and O–H groups in total. The highest BCUT2D eigenvalue weighted by atomic mass is 14.8. The molecule has 0 aliphatic heterocycles. The van der Waals surface area contributed by atoms with Crippen molar-refractivity contribution in [3.05, 3.63) is 41.5 Å². The number of nitrogens with zero attached hydrogens (tertiary/aromatic N) is 3. The van der Waals surface area contributed by atoms with E-state index in [0.29, 0.717) is 5.69 Å². The molecule has 56 valence electrons. The highest BCUT2D eigenvalue weighted by Gasteiger charge is 2.03. The topological polar surface area (TPSA) is 41.0 Å². The van der Waals surface area contributed by atoms with Crippen LogP contribution in [0.5, 0.6) is 0 Å². The predicted octanol–water partition coefficient (Wildman–Crippen LogP) is 2.72. The summed E-state index contributed by atoms with van der Waals surface area (Å²) < 4.78 is 0. The molecule has 0 saturated heterocycles. The van der Waals surface area contributed by atoms with Crippen molar-refractivity contribution in [2.45, 2.75) is 0 Å². The van der Waals surface area contributed by atoms with Gasteiger partial charge in [0.05, 0.1) is 5.52 Å². The number of pyridine rings is 1. The Balaban J connectivity index is 2.78. The first-order valence-electron chi connectivity index (χ1n) is 3.60. The van der Waals surface area contributed by atoms with Crippen LogP contribution in [0.4, 0.5) is 5.69 Å². The molecule has 0 radical (unpaired) electrons. The normalized spacial score (nSPS) is 9.58. The number of hydrogen-bond donors (Lipinski definition) is 0. The van der Waals surface area contributed by atoms with E-state index in [1.54, 1.807) is 18.3 Å². The van der Waals surface area contributed by atoms with E-state index in [9.17, 15) is 0 Å². The molecule has 1 aromatic carbocycles. The molecular weight excluding hydrogens is 150 g/mol. The van der Waals surface area contributed by atoms with Crippen LogP contribution in [0.15, 0.2) is 36.5 Å². The fraction of sp³-hybridized carbons (Fsp3) is 0. The van der Waals surface area contributed by atoms with E-state index in [1.165, 1.54) is 0 Å². The highest BCUT2D eigenvalue weighted by Crippen LogP contribution is 2.18. The lowest BCUT2D eigenvalue weighted by Gasteiger charge is -1.90. The summed E-state index contributed by atoms with van der Waals surface area (Å²) in [4.78, 5) is 7.23. The summed E-state index contributed by atoms with van der Waals surface area (Å²) in [6.07, 6.45) is 1.73. The zero-order valence-electron chi connectivity index (χ0n) is 6.31. The van der Waals surface area contributed by atoms with Gasteiger partial charge in [0.15, 0.2) is 4.98 Å². The molecule has 0 amide bonds. The first kappa shape index (κ1) is 6.74. The lowest BCUT2D eigenvalue weighted by molar-refractivity contribution is 1.41. The number of diazo groups is 1. The standard InChI is InChI=1S/C9H6N3/c10-12-8-3-4-9-7(6-8)2-1-5-11-9/h1-6H/q+1. The van der Waals surface area contributed by atoms with Crippen LogP contribution in [0.1, 0.15) is 0 Å². The molecule has 0 saturated carbocycles. The Bertz CT molecular complexity index is 457. The van der Waals surface area contributed by atoms with Gasteiger partial charge in [-0.05, 0) is 12.1 Å². The largest absolute Gasteiger partial charge is 0.385 e. The number of hydrogen-bond acceptors (Lipinski definition) is 2. The Morgan fingerprint density at radius 3 is 3.00 bits per heavy atom. The Kier molecular flexibility index (Phi) is 1.45. The second kappa shape index (κ2) is 2.59. The van der Waals surface area contributed by atoms with Crippen molar-refractivity contribution in [2.24, 2.45) is 0 Å². The number of benzene rings is 1. The van der Waals surface area contributed by atoms with E-state index >= 15 is 0 Å². The maximum absolute atomic E-state index is 8.50. The van der Waals surface area contributed by atoms with E-state index in [4.69, 9.17) is 5.39 Å². The summed E-state index contributed by atoms with van der Waals surface area (Å²) in [6, 6.07) is 9.10. The van der Waals surface area contributed by atoms with Crippen LogP contribution in [0, 0.1) is 5.39 Å². The Morgan fingerprint density at radius 1 is 1.25 bits per heavy atom. The van der Waals surface area contributed by atoms with Crippen LogP contribution in [0.2, 0.25) is 0 Å². The van der Waals surface area contributed by atoms with Gasteiger partial charge in [-0.25, -0.2) is 0 Å². The van der Waals surface area contributed by atoms with E-state index in [0.717, 1.165) is 10.9 Å². The van der Waals surface area contributed by atoms with Crippen LogP contribution in [0.3, 0.4) is 0 Å². The molecule has 0 atom stereocenters. The summed E-state index contributed by atoms with van der Waals surface area (Å²) in [5, 5.41) is 9.48. The summed E-state index contributed by atoms with van der Waals surface area (Å²) in [7, 11) is 0. The quantitative estimate of drug-likeness (QED) is 0.550. The molecule has 3 heteroatoms. The third-order valence-electron chi connectivity index (χ3n) is 1.70. The lowest BCUT2D eigenvalue weighted by atomic mass is 10.2. The third-order valence-corrected chi connectivity index (χ3v) is 1.70. The maximum atomic E-state index is 8.50. The van der Waals surface area contributed by atoms with Gasteiger partial charge in [0.25, 0.3) is 0 Å². The molecule has 1 heterocycles. The van der Waals surface area contributed by atoms with E-state index < -0.39 is 0 Å². The third kappa shape index (κ3) is 0.995. The van der Waals surface area contributed by atoms with Gasteiger partial charge in [0, 0.05) is 23.7 Å². The molecule has 2 aromatic rings. The molecule has 0 fully saturated rings. The maximum Gasteiger partial charge on any atom is 0.385 e. The van der Waals surface area contributed by atoms with Crippen LogP contribution < -0.4 is 0 Å². The van der Waals surface area contributed by atoms with E-state index in [-0.39, 0.29) is 0 Å². The van der Waals surface area contributed by atoms with Gasteiger partial charge in [-0.3, -0.25) is 4.98 Å². The molecule has 0 aliphatic rings. The lowest BCUT2D eigenvalue weighted by Crippen LogP contribution is -1.74. The smallest absolute Gasteiger partial charge is 0.256 e. The zero-order chi connectivity index (χ0) is 8.39. The van der Waals surface area contributed by atoms with E-state index in [1.807, 2.05) is 18.2 Å². The van der Waals surface area contributed by atoms with Crippen molar-refractivity contribution in [1.82, 2.24) is 4.98 Å². The summed E-state index contributed by atoms with van der Waals surface area (Å²) in [5.41, 5.74) is 1.46. The molecule has 12 heavy (non-hydrogen) atoms. The predicted molar refractivity (Wildman–Crippen MR) is 46.5 cm³/mol. The Labute approximate surface area is 69.3 Å². The fourth-order valence-corrected chi connectivity index (χ4v) is 1.13. The molecule has 1 aromatic heterocycles. The minimum atomic E-state index is 0.551. The van der Waals surface area contributed by atoms with Crippen molar-refractivity contribution >= 4 is 16.6 Å². The van der Waals surface area contributed by atoms with Gasteiger partial charge in [-0.1, -0.05) is 6.07 Å². The molecule has 0 spiro atoms. The van der Waals surface area contributed by atoms with E-state index in [2.05, 4.69) is 9.96 Å². The van der Waals surface area contributed by atoms with Crippen LogP contribution in [0.25, 0.3) is 15.9 Å². The average molecular weight is 156 g/mol. The van der Waals surface area contributed by atoms with Gasteiger partial charge < -0.3 is 0 Å². The van der Waals surface area contributed by atoms with Crippen molar-refractivity contribution in [2.75, 3.05) is 0 Å². The van der Waals surface area contributed by atoms with Gasteiger partial charge in [-0.15, -0.1) is 0 Å². The molecular formula is C9H6N3+. The molecule has 3 nitrogen and oxygen atoms in total. The first-order chi connectivity index (χ1) is 5.90. The van der Waals surface area contributed by atoms with Crippen molar-refractivity contribution in [3.8, 4) is 0 Å². The molecule has 0 aliphatic carbocycles. The van der Waals surface area contributed by atoms with Gasteiger partial charge >= 0.3 is 5.69 Å². The van der Waals surface area contributed by atoms with Gasteiger partial charge in [0.2, 0.25) is 5.39 Å². The number of aromatic nitrogens is 1. The zero-order valence-corrected chi connectivity index (χ0v) is 6.31. The van der Waals surface area contributed by atoms with Crippen molar-refractivity contribution in [3.63, 3.8) is 0 Å². The van der Waals surface area contributed by atoms with Crippen LogP contribution in [-0.2, 0) is 0 Å². The summed E-state index contributed by atoms with van der Waals surface area (Å²) in [5.74, 6) is 0. The molecule has 2 rings (SSSR count).